The molecule has 0 saturated heterocycles. The highest BCUT2D eigenvalue weighted by atomic mass is 79.9. The van der Waals surface area contributed by atoms with Gasteiger partial charge in [0, 0.05) is 5.56 Å². The molecule has 8 nitrogen and oxygen atoms in total. The first-order valence-electron chi connectivity index (χ1n) is 13.3. The molecule has 0 saturated carbocycles. The lowest BCUT2D eigenvalue weighted by Gasteiger charge is -2.26. The van der Waals surface area contributed by atoms with Gasteiger partial charge < -0.3 is 18.9 Å². The summed E-state index contributed by atoms with van der Waals surface area (Å²) in [7, 11) is 3.07. The van der Waals surface area contributed by atoms with E-state index < -0.39 is 12.0 Å². The lowest BCUT2D eigenvalue weighted by Crippen LogP contribution is -2.40. The van der Waals surface area contributed by atoms with E-state index in [1.807, 2.05) is 12.1 Å². The summed E-state index contributed by atoms with van der Waals surface area (Å²) < 4.78 is 38.2. The maximum Gasteiger partial charge on any atom is 0.338 e. The second kappa shape index (κ2) is 13.0. The van der Waals surface area contributed by atoms with Crippen LogP contribution in [0.5, 0.6) is 17.2 Å². The first-order valence-corrected chi connectivity index (χ1v) is 14.9. The van der Waals surface area contributed by atoms with Gasteiger partial charge in [-0.2, -0.15) is 0 Å². The lowest BCUT2D eigenvalue weighted by atomic mass is 9.94. The summed E-state index contributed by atoms with van der Waals surface area (Å²) in [4.78, 5) is 32.3. The van der Waals surface area contributed by atoms with Crippen LogP contribution in [0, 0.1) is 5.82 Å². The predicted octanol–water partition coefficient (Wildman–Crippen LogP) is 5.30. The molecule has 0 bridgehead atoms. The topological polar surface area (TPSA) is 88.4 Å². The van der Waals surface area contributed by atoms with Crippen LogP contribution in [0.2, 0.25) is 0 Å². The zero-order valence-corrected chi connectivity index (χ0v) is 26.3. The third kappa shape index (κ3) is 6.28. The van der Waals surface area contributed by atoms with Gasteiger partial charge in [0.25, 0.3) is 5.56 Å². The number of nitrogens with zero attached hydrogens (tertiary/aromatic N) is 2. The maximum absolute atomic E-state index is 14.0. The maximum atomic E-state index is 14.0. The van der Waals surface area contributed by atoms with Gasteiger partial charge in [-0.3, -0.25) is 9.36 Å². The van der Waals surface area contributed by atoms with E-state index in [1.165, 1.54) is 35.1 Å². The number of hydrogen-bond acceptors (Lipinski definition) is 8. The highest BCUT2D eigenvalue weighted by Gasteiger charge is 2.35. The number of hydrogen-bond donors (Lipinski definition) is 0. The smallest absolute Gasteiger partial charge is 0.338 e. The van der Waals surface area contributed by atoms with Crippen LogP contribution in [0.1, 0.15) is 36.6 Å². The molecule has 0 radical (unpaired) electrons. The average Bonchev–Trinajstić information content (AvgIpc) is 3.30. The van der Waals surface area contributed by atoms with Crippen LogP contribution in [-0.2, 0) is 16.1 Å². The Morgan fingerprint density at radius 3 is 2.49 bits per heavy atom. The minimum atomic E-state index is -0.850. The summed E-state index contributed by atoms with van der Waals surface area (Å²) in [6.45, 7) is 3.89. The van der Waals surface area contributed by atoms with Crippen LogP contribution in [0.15, 0.2) is 86.2 Å². The van der Waals surface area contributed by atoms with E-state index in [4.69, 9.17) is 18.9 Å². The second-order valence-electron chi connectivity index (χ2n) is 9.52. The van der Waals surface area contributed by atoms with E-state index in [9.17, 15) is 14.0 Å². The van der Waals surface area contributed by atoms with Gasteiger partial charge in [-0.15, -0.1) is 0 Å². The molecule has 11 heteroatoms. The Labute approximate surface area is 259 Å². The minimum absolute atomic E-state index is 0.167. The number of ether oxygens (including phenoxy) is 4. The number of esters is 1. The van der Waals surface area contributed by atoms with Crippen molar-refractivity contribution < 1.29 is 28.1 Å². The Hall–Kier alpha value is -4.22. The Morgan fingerprint density at radius 2 is 1.81 bits per heavy atom. The molecule has 222 valence electrons. The van der Waals surface area contributed by atoms with Crippen molar-refractivity contribution in [2.45, 2.75) is 26.5 Å². The summed E-state index contributed by atoms with van der Waals surface area (Å²) >= 11 is 4.77. The lowest BCUT2D eigenvalue weighted by molar-refractivity contribution is -0.139. The highest BCUT2D eigenvalue weighted by Crippen LogP contribution is 2.38. The molecule has 0 fully saturated rings. The van der Waals surface area contributed by atoms with Crippen molar-refractivity contribution in [2.75, 3.05) is 20.8 Å². The molecule has 0 unspecified atom stereocenters. The fraction of sp³-hybridized carbons (Fsp3) is 0.219. The monoisotopic (exact) mass is 666 g/mol. The number of halogens is 2. The molecule has 0 amide bonds. The minimum Gasteiger partial charge on any atom is -0.497 e. The van der Waals surface area contributed by atoms with Crippen LogP contribution in [0.4, 0.5) is 4.39 Å². The van der Waals surface area contributed by atoms with Crippen LogP contribution in [0.25, 0.3) is 6.08 Å². The summed E-state index contributed by atoms with van der Waals surface area (Å²) in [5.74, 6) is 0.760. The summed E-state index contributed by atoms with van der Waals surface area (Å²) in [6, 6.07) is 16.0. The Morgan fingerprint density at radius 1 is 1.07 bits per heavy atom. The van der Waals surface area contributed by atoms with E-state index in [0.717, 1.165) is 11.1 Å². The standard InChI is InChI=1S/C32H28BrFN2O6S/c1-5-41-31(38)28-18(2)35-32-36(29(28)23-16-22(39-3)11-13-25(23)40-4)30(37)27(43-32)15-20-8-12-26(24(33)14-20)42-17-19-6-9-21(34)10-7-19/h6-16,29H,5,17H2,1-4H3/b27-15-/t29-/m1/s1. The zero-order valence-electron chi connectivity index (χ0n) is 23.9. The van der Waals surface area contributed by atoms with Crippen molar-refractivity contribution in [2.24, 2.45) is 4.99 Å². The quantitative estimate of drug-likeness (QED) is 0.226. The van der Waals surface area contributed by atoms with Crippen molar-refractivity contribution in [1.29, 1.82) is 0 Å². The van der Waals surface area contributed by atoms with E-state index in [0.29, 0.717) is 42.3 Å². The molecule has 43 heavy (non-hydrogen) atoms. The number of thiazole rings is 1. The number of aromatic nitrogens is 1. The van der Waals surface area contributed by atoms with E-state index in [-0.39, 0.29) is 30.2 Å². The fourth-order valence-electron chi connectivity index (χ4n) is 4.76. The molecule has 1 aromatic heterocycles. The molecule has 1 aliphatic rings. The van der Waals surface area contributed by atoms with Crippen LogP contribution in [-0.4, -0.2) is 31.4 Å². The fourth-order valence-corrected chi connectivity index (χ4v) is 6.31. The van der Waals surface area contributed by atoms with Crippen molar-refractivity contribution >= 4 is 39.3 Å². The number of rotatable bonds is 9. The Kier molecular flexibility index (Phi) is 9.12. The Bertz CT molecular complexity index is 1900. The van der Waals surface area contributed by atoms with Gasteiger partial charge in [0.05, 0.1) is 41.1 Å². The van der Waals surface area contributed by atoms with Gasteiger partial charge in [0.2, 0.25) is 0 Å². The SMILES string of the molecule is CCOC(=O)C1=C(C)N=c2s/c(=C\c3ccc(OCc4ccc(F)cc4)c(Br)c3)c(=O)n2[C@@H]1c1cc(OC)ccc1OC. The van der Waals surface area contributed by atoms with Gasteiger partial charge in [0.15, 0.2) is 4.80 Å². The first kappa shape index (κ1) is 30.2. The molecular formula is C32H28BrFN2O6S. The van der Waals surface area contributed by atoms with Crippen LogP contribution >= 0.6 is 27.3 Å². The van der Waals surface area contributed by atoms with Gasteiger partial charge in [-0.05, 0) is 89.4 Å². The number of fused-ring (bicyclic) bond motifs is 1. The summed E-state index contributed by atoms with van der Waals surface area (Å²) in [6.07, 6.45) is 1.77. The first-order chi connectivity index (χ1) is 20.7. The Balaban J connectivity index is 1.57. The zero-order chi connectivity index (χ0) is 30.7. The van der Waals surface area contributed by atoms with Gasteiger partial charge >= 0.3 is 5.97 Å². The molecule has 1 atom stereocenters. The molecule has 0 N–H and O–H groups in total. The summed E-state index contributed by atoms with van der Waals surface area (Å²) in [5, 5.41) is 0. The largest absolute Gasteiger partial charge is 0.497 e. The molecule has 0 aliphatic carbocycles. The van der Waals surface area contributed by atoms with Gasteiger partial charge in [0.1, 0.15) is 35.7 Å². The predicted molar refractivity (Wildman–Crippen MR) is 165 cm³/mol. The number of benzene rings is 3. The molecule has 4 aromatic rings. The normalized spacial score (nSPS) is 14.7. The van der Waals surface area contributed by atoms with Crippen molar-refractivity contribution in [1.82, 2.24) is 4.57 Å². The van der Waals surface area contributed by atoms with E-state index >= 15 is 0 Å². The molecule has 2 heterocycles. The second-order valence-corrected chi connectivity index (χ2v) is 11.4. The van der Waals surface area contributed by atoms with Crippen molar-refractivity contribution in [3.05, 3.63) is 119 Å². The van der Waals surface area contributed by atoms with Crippen LogP contribution in [0.3, 0.4) is 0 Å². The summed E-state index contributed by atoms with van der Waals surface area (Å²) in [5.41, 5.74) is 2.53. The van der Waals surface area contributed by atoms with Crippen LogP contribution < -0.4 is 29.1 Å². The van der Waals surface area contributed by atoms with E-state index in [2.05, 4.69) is 20.9 Å². The third-order valence-corrected chi connectivity index (χ3v) is 8.41. The molecule has 3 aromatic carbocycles. The number of allylic oxidation sites excluding steroid dienone is 1. The van der Waals surface area contributed by atoms with Crippen molar-refractivity contribution in [3.8, 4) is 17.2 Å². The highest BCUT2D eigenvalue weighted by molar-refractivity contribution is 9.10. The molecule has 0 spiro atoms. The number of carbonyl (C=O) groups excluding carboxylic acids is 1. The molecule has 5 rings (SSSR count). The third-order valence-electron chi connectivity index (χ3n) is 6.81. The van der Waals surface area contributed by atoms with Gasteiger partial charge in [-0.1, -0.05) is 29.5 Å². The van der Waals surface area contributed by atoms with E-state index in [1.54, 1.807) is 63.4 Å². The van der Waals surface area contributed by atoms with Gasteiger partial charge in [-0.25, -0.2) is 14.2 Å². The number of carbonyl (C=O) groups is 1. The number of methoxy groups -OCH3 is 2. The average molecular weight is 668 g/mol. The molecule has 1 aliphatic heterocycles. The molecular weight excluding hydrogens is 639 g/mol. The van der Waals surface area contributed by atoms with Crippen molar-refractivity contribution in [3.63, 3.8) is 0 Å².